The van der Waals surface area contributed by atoms with Crippen LogP contribution >= 0.6 is 11.6 Å². The minimum Gasteiger partial charge on any atom is -0.464 e. The van der Waals surface area contributed by atoms with Crippen LogP contribution in [0.4, 0.5) is 0 Å². The average molecular weight is 211 g/mol. The molecule has 0 saturated carbocycles. The first-order valence-corrected chi connectivity index (χ1v) is 4.30. The summed E-state index contributed by atoms with van der Waals surface area (Å²) >= 11 is 5.55. The summed E-state index contributed by atoms with van der Waals surface area (Å²) in [6, 6.07) is 4.80. The molecule has 0 aliphatic heterocycles. The van der Waals surface area contributed by atoms with Gasteiger partial charge in [0, 0.05) is 0 Å². The number of hydrogen-bond acceptors (Lipinski definition) is 4. The number of carbonyl (C=O) groups is 1. The Kier molecular flexibility index (Phi) is 3.43. The highest BCUT2D eigenvalue weighted by Crippen LogP contribution is 2.08. The van der Waals surface area contributed by atoms with Gasteiger partial charge in [0.1, 0.15) is 5.69 Å². The van der Waals surface area contributed by atoms with Crippen molar-refractivity contribution in [1.29, 1.82) is 5.26 Å². The number of nitrogens with zero attached hydrogens (tertiary/aromatic N) is 2. The molecule has 0 fully saturated rings. The van der Waals surface area contributed by atoms with Gasteiger partial charge in [-0.05, 0) is 12.1 Å². The van der Waals surface area contributed by atoms with Crippen LogP contribution in [0.15, 0.2) is 12.1 Å². The van der Waals surface area contributed by atoms with E-state index in [4.69, 9.17) is 16.9 Å². The van der Waals surface area contributed by atoms with Crippen LogP contribution in [-0.2, 0) is 10.6 Å². The number of rotatable bonds is 2. The normalized spacial score (nSPS) is 9.21. The van der Waals surface area contributed by atoms with Crippen molar-refractivity contribution >= 4 is 17.6 Å². The predicted molar refractivity (Wildman–Crippen MR) is 49.8 cm³/mol. The van der Waals surface area contributed by atoms with Crippen LogP contribution in [-0.4, -0.2) is 18.1 Å². The van der Waals surface area contributed by atoms with E-state index < -0.39 is 5.97 Å². The maximum Gasteiger partial charge on any atom is 0.356 e. The largest absolute Gasteiger partial charge is 0.464 e. The number of hydrogen-bond donors (Lipinski definition) is 0. The van der Waals surface area contributed by atoms with E-state index in [0.29, 0.717) is 11.3 Å². The Morgan fingerprint density at radius 2 is 2.43 bits per heavy atom. The molecule has 72 valence electrons. The van der Waals surface area contributed by atoms with E-state index in [1.807, 2.05) is 6.07 Å². The first-order valence-electron chi connectivity index (χ1n) is 3.76. The van der Waals surface area contributed by atoms with Gasteiger partial charge in [0.2, 0.25) is 0 Å². The van der Waals surface area contributed by atoms with E-state index in [9.17, 15) is 4.79 Å². The third-order valence-electron chi connectivity index (χ3n) is 1.54. The summed E-state index contributed by atoms with van der Waals surface area (Å²) < 4.78 is 4.48. The van der Waals surface area contributed by atoms with Gasteiger partial charge in [0.25, 0.3) is 0 Å². The number of esters is 1. The molecule has 1 aromatic rings. The van der Waals surface area contributed by atoms with Crippen LogP contribution in [0.5, 0.6) is 0 Å². The summed E-state index contributed by atoms with van der Waals surface area (Å²) in [7, 11) is 1.25. The molecule has 0 aliphatic rings. The first-order chi connectivity index (χ1) is 6.71. The van der Waals surface area contributed by atoms with Crippen molar-refractivity contribution in [1.82, 2.24) is 4.98 Å². The fourth-order valence-corrected chi connectivity index (χ4v) is 1.07. The molecule has 1 aromatic heterocycles. The summed E-state index contributed by atoms with van der Waals surface area (Å²) in [4.78, 5) is 15.0. The molecule has 0 spiro atoms. The highest BCUT2D eigenvalue weighted by atomic mass is 35.5. The molecular formula is C9H7ClN2O2. The number of pyridine rings is 1. The highest BCUT2D eigenvalue weighted by molar-refractivity contribution is 6.16. The third-order valence-corrected chi connectivity index (χ3v) is 1.81. The fourth-order valence-electron chi connectivity index (χ4n) is 0.930. The lowest BCUT2D eigenvalue weighted by Gasteiger charge is -2.01. The molecule has 0 bridgehead atoms. The van der Waals surface area contributed by atoms with E-state index in [-0.39, 0.29) is 11.6 Å². The van der Waals surface area contributed by atoms with E-state index in [2.05, 4.69) is 9.72 Å². The molecule has 4 nitrogen and oxygen atoms in total. The van der Waals surface area contributed by atoms with Crippen molar-refractivity contribution in [3.05, 3.63) is 29.1 Å². The van der Waals surface area contributed by atoms with Gasteiger partial charge in [-0.25, -0.2) is 9.78 Å². The average Bonchev–Trinajstić information content (AvgIpc) is 2.27. The molecule has 0 atom stereocenters. The zero-order valence-corrected chi connectivity index (χ0v) is 8.21. The second-order valence-electron chi connectivity index (χ2n) is 2.47. The number of carbonyl (C=O) groups excluding carboxylic acids is 1. The summed E-state index contributed by atoms with van der Waals surface area (Å²) in [6.45, 7) is 0. The summed E-state index contributed by atoms with van der Waals surface area (Å²) in [5, 5.41) is 8.66. The van der Waals surface area contributed by atoms with Crippen molar-refractivity contribution < 1.29 is 9.53 Å². The summed E-state index contributed by atoms with van der Waals surface area (Å²) in [6.07, 6.45) is 0. The second-order valence-corrected chi connectivity index (χ2v) is 2.74. The molecule has 5 heteroatoms. The predicted octanol–water partition coefficient (Wildman–Crippen LogP) is 1.48. The zero-order chi connectivity index (χ0) is 10.6. The van der Waals surface area contributed by atoms with Gasteiger partial charge < -0.3 is 4.74 Å². The molecule has 14 heavy (non-hydrogen) atoms. The van der Waals surface area contributed by atoms with E-state index in [1.54, 1.807) is 0 Å². The van der Waals surface area contributed by atoms with E-state index in [1.165, 1.54) is 19.2 Å². The van der Waals surface area contributed by atoms with Gasteiger partial charge in [-0.3, -0.25) is 0 Å². The fraction of sp³-hybridized carbons (Fsp3) is 0.222. The standard InChI is InChI=1S/C9H7ClN2O2/c1-14-9(13)8-3-6(5-11)2-7(4-10)12-8/h2-3H,4H2,1H3. The van der Waals surface area contributed by atoms with Gasteiger partial charge in [-0.1, -0.05) is 0 Å². The molecule has 0 aromatic carbocycles. The van der Waals surface area contributed by atoms with Crippen LogP contribution < -0.4 is 0 Å². The maximum atomic E-state index is 11.1. The van der Waals surface area contributed by atoms with Crippen molar-refractivity contribution in [3.8, 4) is 6.07 Å². The van der Waals surface area contributed by atoms with Crippen LogP contribution in [0.2, 0.25) is 0 Å². The van der Waals surface area contributed by atoms with Crippen LogP contribution in [0.3, 0.4) is 0 Å². The minimum atomic E-state index is -0.575. The SMILES string of the molecule is COC(=O)c1cc(C#N)cc(CCl)n1. The Hall–Kier alpha value is -1.60. The summed E-state index contributed by atoms with van der Waals surface area (Å²) in [5.41, 5.74) is 0.921. The Bertz CT molecular complexity index is 398. The van der Waals surface area contributed by atoms with Crippen LogP contribution in [0.25, 0.3) is 0 Å². The number of alkyl halides is 1. The van der Waals surface area contributed by atoms with Crippen LogP contribution in [0.1, 0.15) is 21.7 Å². The molecule has 0 aliphatic carbocycles. The highest BCUT2D eigenvalue weighted by Gasteiger charge is 2.09. The van der Waals surface area contributed by atoms with Crippen molar-refractivity contribution in [2.75, 3.05) is 7.11 Å². The Balaban J connectivity index is 3.19. The number of nitriles is 1. The lowest BCUT2D eigenvalue weighted by Crippen LogP contribution is -2.06. The first kappa shape index (κ1) is 10.5. The minimum absolute atomic E-state index is 0.0993. The van der Waals surface area contributed by atoms with Crippen molar-refractivity contribution in [2.24, 2.45) is 0 Å². The maximum absolute atomic E-state index is 11.1. The van der Waals surface area contributed by atoms with Gasteiger partial charge in [0.15, 0.2) is 0 Å². The lowest BCUT2D eigenvalue weighted by molar-refractivity contribution is 0.0593. The molecule has 0 saturated heterocycles. The molecule has 0 radical (unpaired) electrons. The van der Waals surface area contributed by atoms with E-state index in [0.717, 1.165) is 0 Å². The second kappa shape index (κ2) is 4.58. The smallest absolute Gasteiger partial charge is 0.356 e. The Morgan fingerprint density at radius 3 is 2.93 bits per heavy atom. The van der Waals surface area contributed by atoms with Crippen LogP contribution in [0, 0.1) is 11.3 Å². The van der Waals surface area contributed by atoms with Crippen molar-refractivity contribution in [2.45, 2.75) is 5.88 Å². The van der Waals surface area contributed by atoms with Gasteiger partial charge in [-0.2, -0.15) is 5.26 Å². The molecule has 0 amide bonds. The number of aromatic nitrogens is 1. The number of halogens is 1. The molecule has 1 heterocycles. The number of ether oxygens (including phenoxy) is 1. The summed E-state index contributed by atoms with van der Waals surface area (Å²) in [5.74, 6) is -0.423. The molecule has 0 N–H and O–H groups in total. The zero-order valence-electron chi connectivity index (χ0n) is 7.45. The van der Waals surface area contributed by atoms with Gasteiger partial charge in [-0.15, -0.1) is 11.6 Å². The topological polar surface area (TPSA) is 63.0 Å². The Labute approximate surface area is 86.1 Å². The van der Waals surface area contributed by atoms with E-state index >= 15 is 0 Å². The number of methoxy groups -OCH3 is 1. The third kappa shape index (κ3) is 2.21. The Morgan fingerprint density at radius 1 is 1.71 bits per heavy atom. The van der Waals surface area contributed by atoms with Crippen molar-refractivity contribution in [3.63, 3.8) is 0 Å². The van der Waals surface area contributed by atoms with Gasteiger partial charge >= 0.3 is 5.97 Å². The monoisotopic (exact) mass is 210 g/mol. The molecule has 0 unspecified atom stereocenters. The molecular weight excluding hydrogens is 204 g/mol. The quantitative estimate of drug-likeness (QED) is 0.548. The lowest BCUT2D eigenvalue weighted by atomic mass is 10.2. The molecule has 1 rings (SSSR count). The van der Waals surface area contributed by atoms with Gasteiger partial charge in [0.05, 0.1) is 30.3 Å².